The standard InChI is InChI=1S/C19H25N3O8S/c1-20(2)18(23)16-9-15(16)17-8-14(30-31(3,27)28)10-21(17)19(24)29-11-12-4-6-13(7-5-12)22(25)26/h4-7,14-17H,8-11H2,1-3H3/t14-,15-,16-,17+/m1/s1. The molecule has 1 saturated carbocycles. The Balaban J connectivity index is 1.67. The quantitative estimate of drug-likeness (QED) is 0.342. The number of likely N-dealkylation sites (tertiary alicyclic amines) is 1. The molecule has 1 aromatic carbocycles. The van der Waals surface area contributed by atoms with Crippen LogP contribution in [0.3, 0.4) is 0 Å². The van der Waals surface area contributed by atoms with Gasteiger partial charge in [-0.05, 0) is 36.5 Å². The molecule has 1 saturated heterocycles. The van der Waals surface area contributed by atoms with Crippen LogP contribution in [0.1, 0.15) is 18.4 Å². The van der Waals surface area contributed by atoms with E-state index in [0.29, 0.717) is 18.4 Å². The maximum Gasteiger partial charge on any atom is 0.410 e. The van der Waals surface area contributed by atoms with Crippen LogP contribution in [0.25, 0.3) is 0 Å². The molecule has 0 aromatic heterocycles. The first-order chi connectivity index (χ1) is 14.5. The lowest BCUT2D eigenvalue weighted by atomic mass is 10.1. The Bertz CT molecular complexity index is 963. The van der Waals surface area contributed by atoms with Crippen molar-refractivity contribution in [3.8, 4) is 0 Å². The van der Waals surface area contributed by atoms with Crippen LogP contribution >= 0.6 is 0 Å². The average molecular weight is 455 g/mol. The molecule has 31 heavy (non-hydrogen) atoms. The summed E-state index contributed by atoms with van der Waals surface area (Å²) in [6.45, 7) is -0.0570. The third-order valence-corrected chi connectivity index (χ3v) is 6.07. The van der Waals surface area contributed by atoms with Crippen molar-refractivity contribution in [3.05, 3.63) is 39.9 Å². The summed E-state index contributed by atoms with van der Waals surface area (Å²) in [5.41, 5.74) is 0.506. The Morgan fingerprint density at radius 1 is 1.23 bits per heavy atom. The number of amides is 2. The van der Waals surface area contributed by atoms with Gasteiger partial charge in [0.15, 0.2) is 0 Å². The molecule has 0 unspecified atom stereocenters. The highest BCUT2D eigenvalue weighted by atomic mass is 32.2. The number of rotatable bonds is 7. The van der Waals surface area contributed by atoms with Crippen molar-refractivity contribution in [2.24, 2.45) is 11.8 Å². The lowest BCUT2D eigenvalue weighted by molar-refractivity contribution is -0.384. The van der Waals surface area contributed by atoms with Gasteiger partial charge in [0.05, 0.1) is 23.8 Å². The Hall–Kier alpha value is -2.73. The van der Waals surface area contributed by atoms with Gasteiger partial charge in [-0.15, -0.1) is 0 Å². The SMILES string of the molecule is CN(C)C(=O)[C@@H]1C[C@H]1[C@@H]1C[C@@H](OS(C)(=O)=O)CN1C(=O)OCc1ccc([N+](=O)[O-])cc1. The second-order valence-electron chi connectivity index (χ2n) is 8.09. The molecular weight excluding hydrogens is 430 g/mol. The van der Waals surface area contributed by atoms with Gasteiger partial charge in [0.1, 0.15) is 6.61 Å². The van der Waals surface area contributed by atoms with E-state index in [2.05, 4.69) is 0 Å². The highest BCUT2D eigenvalue weighted by Crippen LogP contribution is 2.47. The number of nitrogens with zero attached hydrogens (tertiary/aromatic N) is 3. The monoisotopic (exact) mass is 455 g/mol. The smallest absolute Gasteiger partial charge is 0.410 e. The molecule has 0 radical (unpaired) electrons. The van der Waals surface area contributed by atoms with Gasteiger partial charge in [-0.25, -0.2) is 4.79 Å². The maximum absolute atomic E-state index is 12.8. The molecule has 11 nitrogen and oxygen atoms in total. The molecule has 1 aliphatic heterocycles. The molecule has 1 heterocycles. The highest BCUT2D eigenvalue weighted by Gasteiger charge is 2.54. The number of hydrogen-bond donors (Lipinski definition) is 0. The van der Waals surface area contributed by atoms with Gasteiger partial charge < -0.3 is 14.5 Å². The van der Waals surface area contributed by atoms with Crippen molar-refractivity contribution in [2.45, 2.75) is 31.6 Å². The summed E-state index contributed by atoms with van der Waals surface area (Å²) in [7, 11) is -0.374. The van der Waals surface area contributed by atoms with Gasteiger partial charge in [0.25, 0.3) is 15.8 Å². The predicted octanol–water partition coefficient (Wildman–Crippen LogP) is 1.37. The van der Waals surface area contributed by atoms with Crippen LogP contribution in [0.5, 0.6) is 0 Å². The third-order valence-electron chi connectivity index (χ3n) is 5.45. The van der Waals surface area contributed by atoms with Gasteiger partial charge in [-0.2, -0.15) is 8.42 Å². The number of carbonyl (C=O) groups excluding carboxylic acids is 2. The summed E-state index contributed by atoms with van der Waals surface area (Å²) >= 11 is 0. The average Bonchev–Trinajstić information content (AvgIpc) is 3.37. The molecule has 2 amide bonds. The van der Waals surface area contributed by atoms with Crippen LogP contribution in [-0.2, 0) is 30.4 Å². The molecule has 3 rings (SSSR count). The largest absolute Gasteiger partial charge is 0.445 e. The number of non-ortho nitro benzene ring substituents is 1. The fourth-order valence-electron chi connectivity index (χ4n) is 3.96. The van der Waals surface area contributed by atoms with E-state index in [4.69, 9.17) is 8.92 Å². The molecule has 2 fully saturated rings. The van der Waals surface area contributed by atoms with E-state index in [1.54, 1.807) is 14.1 Å². The summed E-state index contributed by atoms with van der Waals surface area (Å²) in [4.78, 5) is 38.2. The molecule has 170 valence electrons. The van der Waals surface area contributed by atoms with Crippen molar-refractivity contribution >= 4 is 27.8 Å². The van der Waals surface area contributed by atoms with E-state index in [-0.39, 0.29) is 42.6 Å². The number of hydrogen-bond acceptors (Lipinski definition) is 8. The molecule has 0 N–H and O–H groups in total. The van der Waals surface area contributed by atoms with E-state index in [1.165, 1.54) is 34.1 Å². The second-order valence-corrected chi connectivity index (χ2v) is 9.70. The summed E-state index contributed by atoms with van der Waals surface area (Å²) in [5.74, 6) is -0.339. The van der Waals surface area contributed by atoms with Crippen LogP contribution in [0.2, 0.25) is 0 Å². The summed E-state index contributed by atoms with van der Waals surface area (Å²) in [5, 5.41) is 10.7. The van der Waals surface area contributed by atoms with Crippen LogP contribution in [0, 0.1) is 22.0 Å². The molecule has 1 aliphatic carbocycles. The van der Waals surface area contributed by atoms with Crippen molar-refractivity contribution in [2.75, 3.05) is 26.9 Å². The van der Waals surface area contributed by atoms with Crippen LogP contribution in [-0.4, -0.2) is 74.2 Å². The fraction of sp³-hybridized carbons (Fsp3) is 0.579. The van der Waals surface area contributed by atoms with Crippen LogP contribution in [0.4, 0.5) is 10.5 Å². The Labute approximate surface area is 180 Å². The zero-order valence-electron chi connectivity index (χ0n) is 17.5. The van der Waals surface area contributed by atoms with Gasteiger partial charge in [0, 0.05) is 38.2 Å². The number of ether oxygens (including phenoxy) is 1. The highest BCUT2D eigenvalue weighted by molar-refractivity contribution is 7.86. The van der Waals surface area contributed by atoms with Gasteiger partial charge in [-0.1, -0.05) is 0 Å². The van der Waals surface area contributed by atoms with E-state index >= 15 is 0 Å². The van der Waals surface area contributed by atoms with E-state index in [1.807, 2.05) is 0 Å². The number of nitro groups is 1. The molecule has 4 atom stereocenters. The van der Waals surface area contributed by atoms with Crippen molar-refractivity contribution in [3.63, 3.8) is 0 Å². The number of carbonyl (C=O) groups is 2. The van der Waals surface area contributed by atoms with Crippen molar-refractivity contribution in [1.82, 2.24) is 9.80 Å². The topological polar surface area (TPSA) is 136 Å². The Kier molecular flexibility index (Phi) is 6.51. The zero-order chi connectivity index (χ0) is 22.9. The minimum atomic E-state index is -3.70. The summed E-state index contributed by atoms with van der Waals surface area (Å²) in [6.07, 6.45) is 0.502. The first-order valence-electron chi connectivity index (χ1n) is 9.72. The van der Waals surface area contributed by atoms with Crippen molar-refractivity contribution < 1.29 is 31.9 Å². The fourth-order valence-corrected chi connectivity index (χ4v) is 4.59. The first kappa shape index (κ1) is 22.9. The third kappa shape index (κ3) is 5.70. The summed E-state index contributed by atoms with van der Waals surface area (Å²) in [6, 6.07) is 5.26. The zero-order valence-corrected chi connectivity index (χ0v) is 18.3. The van der Waals surface area contributed by atoms with E-state index in [9.17, 15) is 28.1 Å². The molecule has 12 heteroatoms. The minimum absolute atomic E-state index is 0.0309. The number of nitro benzene ring substituents is 1. The van der Waals surface area contributed by atoms with Gasteiger partial charge in [0.2, 0.25) is 5.91 Å². The summed E-state index contributed by atoms with van der Waals surface area (Å²) < 4.78 is 33.5. The molecule has 0 spiro atoms. The van der Waals surface area contributed by atoms with Crippen LogP contribution in [0.15, 0.2) is 24.3 Å². The number of benzene rings is 1. The molecule has 1 aromatic rings. The minimum Gasteiger partial charge on any atom is -0.445 e. The van der Waals surface area contributed by atoms with Crippen molar-refractivity contribution in [1.29, 1.82) is 0 Å². The second kappa shape index (κ2) is 8.79. The maximum atomic E-state index is 12.8. The lowest BCUT2D eigenvalue weighted by Crippen LogP contribution is -2.39. The van der Waals surface area contributed by atoms with Gasteiger partial charge >= 0.3 is 6.09 Å². The lowest BCUT2D eigenvalue weighted by Gasteiger charge is -2.24. The molecule has 0 bridgehead atoms. The Morgan fingerprint density at radius 3 is 2.42 bits per heavy atom. The van der Waals surface area contributed by atoms with E-state index in [0.717, 1.165) is 6.26 Å². The normalized spacial score (nSPS) is 25.2. The Morgan fingerprint density at radius 2 is 1.87 bits per heavy atom. The first-order valence-corrected chi connectivity index (χ1v) is 11.5. The van der Waals surface area contributed by atoms with Gasteiger partial charge in [-0.3, -0.25) is 19.1 Å². The predicted molar refractivity (Wildman–Crippen MR) is 108 cm³/mol. The van der Waals surface area contributed by atoms with Crippen LogP contribution < -0.4 is 0 Å². The molecular formula is C19H25N3O8S. The van der Waals surface area contributed by atoms with E-state index < -0.39 is 27.2 Å². The molecule has 2 aliphatic rings.